The summed E-state index contributed by atoms with van der Waals surface area (Å²) in [7, 11) is 0. The SMILES string of the molecule is C/C=C(/Nc1c(C(=O)c2ccc(Cl)cc2Cl)oc2cc(-c3ccccc3)ccc12)c1ccccc1. The molecular formula is C30H21Cl2NO2. The summed E-state index contributed by atoms with van der Waals surface area (Å²) < 4.78 is 6.21. The molecule has 5 aromatic rings. The van der Waals surface area contributed by atoms with Crippen molar-refractivity contribution in [3.8, 4) is 11.1 Å². The minimum atomic E-state index is -0.324. The smallest absolute Gasteiger partial charge is 0.231 e. The van der Waals surface area contributed by atoms with Gasteiger partial charge in [0, 0.05) is 21.7 Å². The summed E-state index contributed by atoms with van der Waals surface area (Å²) in [6.07, 6.45) is 1.97. The average Bonchev–Trinajstić information content (AvgIpc) is 3.25. The molecule has 0 aliphatic heterocycles. The number of allylic oxidation sites excluding steroid dienone is 1. The van der Waals surface area contributed by atoms with Crippen molar-refractivity contribution in [2.75, 3.05) is 5.32 Å². The first-order chi connectivity index (χ1) is 17.0. The van der Waals surface area contributed by atoms with Gasteiger partial charge in [0.15, 0.2) is 5.76 Å². The monoisotopic (exact) mass is 497 g/mol. The zero-order valence-corrected chi connectivity index (χ0v) is 20.4. The molecule has 0 fully saturated rings. The van der Waals surface area contributed by atoms with Crippen LogP contribution in [0.25, 0.3) is 27.8 Å². The Hall–Kier alpha value is -3.79. The molecule has 0 aliphatic rings. The second-order valence-corrected chi connectivity index (χ2v) is 8.87. The molecule has 172 valence electrons. The number of hydrogen-bond donors (Lipinski definition) is 1. The van der Waals surface area contributed by atoms with Gasteiger partial charge in [0.05, 0.1) is 10.7 Å². The van der Waals surface area contributed by atoms with Crippen molar-refractivity contribution in [2.24, 2.45) is 0 Å². The van der Waals surface area contributed by atoms with E-state index in [1.807, 2.05) is 91.9 Å². The van der Waals surface area contributed by atoms with Gasteiger partial charge in [0.25, 0.3) is 0 Å². The van der Waals surface area contributed by atoms with Crippen LogP contribution in [0.1, 0.15) is 28.6 Å². The number of halogens is 2. The van der Waals surface area contributed by atoms with E-state index in [0.29, 0.717) is 21.9 Å². The third kappa shape index (κ3) is 4.61. The molecule has 0 spiro atoms. The number of carbonyl (C=O) groups is 1. The summed E-state index contributed by atoms with van der Waals surface area (Å²) in [5, 5.41) is 4.99. The number of benzene rings is 4. The molecule has 0 saturated heterocycles. The van der Waals surface area contributed by atoms with Gasteiger partial charge >= 0.3 is 0 Å². The highest BCUT2D eigenvalue weighted by molar-refractivity contribution is 6.37. The van der Waals surface area contributed by atoms with Crippen molar-refractivity contribution >= 4 is 51.3 Å². The normalized spacial score (nSPS) is 11.6. The Morgan fingerprint density at radius 2 is 1.54 bits per heavy atom. The largest absolute Gasteiger partial charge is 0.450 e. The van der Waals surface area contributed by atoms with Crippen LogP contribution in [0.15, 0.2) is 108 Å². The number of furan rings is 1. The van der Waals surface area contributed by atoms with Gasteiger partial charge in [-0.2, -0.15) is 0 Å². The van der Waals surface area contributed by atoms with Crippen LogP contribution in [0.5, 0.6) is 0 Å². The number of carbonyl (C=O) groups excluding carboxylic acids is 1. The summed E-state index contributed by atoms with van der Waals surface area (Å²) in [6.45, 7) is 1.95. The predicted octanol–water partition coefficient (Wildman–Crippen LogP) is 9.11. The Morgan fingerprint density at radius 1 is 0.829 bits per heavy atom. The lowest BCUT2D eigenvalue weighted by atomic mass is 10.0. The Kier molecular flexibility index (Phi) is 6.45. The molecule has 0 bridgehead atoms. The minimum Gasteiger partial charge on any atom is -0.450 e. The Morgan fingerprint density at radius 3 is 2.23 bits per heavy atom. The van der Waals surface area contributed by atoms with E-state index in [-0.39, 0.29) is 16.6 Å². The topological polar surface area (TPSA) is 42.2 Å². The van der Waals surface area contributed by atoms with Gasteiger partial charge < -0.3 is 9.73 Å². The highest BCUT2D eigenvalue weighted by Gasteiger charge is 2.25. The fourth-order valence-electron chi connectivity index (χ4n) is 4.05. The van der Waals surface area contributed by atoms with Crippen LogP contribution in [0, 0.1) is 0 Å². The molecule has 35 heavy (non-hydrogen) atoms. The molecule has 1 aromatic heterocycles. The molecule has 1 N–H and O–H groups in total. The number of fused-ring (bicyclic) bond motifs is 1. The highest BCUT2D eigenvalue weighted by atomic mass is 35.5. The zero-order valence-electron chi connectivity index (χ0n) is 18.9. The first-order valence-corrected chi connectivity index (χ1v) is 11.9. The van der Waals surface area contributed by atoms with Crippen LogP contribution >= 0.6 is 23.2 Å². The average molecular weight is 498 g/mol. The van der Waals surface area contributed by atoms with Crippen LogP contribution < -0.4 is 5.32 Å². The lowest BCUT2D eigenvalue weighted by Gasteiger charge is -2.12. The van der Waals surface area contributed by atoms with E-state index in [2.05, 4.69) is 5.32 Å². The molecule has 0 aliphatic carbocycles. The number of anilines is 1. The maximum atomic E-state index is 13.6. The molecule has 4 aromatic carbocycles. The fraction of sp³-hybridized carbons (Fsp3) is 0.0333. The standard InChI is InChI=1S/C30H21Cl2NO2/c1-2-26(20-11-7-4-8-12-20)33-28-24-15-13-21(19-9-5-3-6-10-19)17-27(24)35-30(28)29(34)23-16-14-22(31)18-25(23)32/h2-18,33H,1H3/b26-2+. The van der Waals surface area contributed by atoms with Crippen molar-refractivity contribution < 1.29 is 9.21 Å². The van der Waals surface area contributed by atoms with Crippen LogP contribution in [0.4, 0.5) is 5.69 Å². The van der Waals surface area contributed by atoms with Crippen LogP contribution in [-0.4, -0.2) is 5.78 Å². The van der Waals surface area contributed by atoms with Crippen LogP contribution in [0.3, 0.4) is 0 Å². The molecule has 5 rings (SSSR count). The first kappa shape index (κ1) is 23.0. The lowest BCUT2D eigenvalue weighted by molar-refractivity contribution is 0.101. The molecule has 0 amide bonds. The van der Waals surface area contributed by atoms with Crippen molar-refractivity contribution in [3.05, 3.63) is 130 Å². The predicted molar refractivity (Wildman–Crippen MR) is 145 cm³/mol. The molecule has 0 radical (unpaired) electrons. The van der Waals surface area contributed by atoms with E-state index in [1.54, 1.807) is 18.2 Å². The quantitative estimate of drug-likeness (QED) is 0.238. The Labute approximate surface area is 213 Å². The van der Waals surface area contributed by atoms with Crippen molar-refractivity contribution in [2.45, 2.75) is 6.92 Å². The summed E-state index contributed by atoms with van der Waals surface area (Å²) in [5.74, 6) is -0.139. The summed E-state index contributed by atoms with van der Waals surface area (Å²) in [6, 6.07) is 30.7. The van der Waals surface area contributed by atoms with Gasteiger partial charge in [-0.05, 0) is 53.9 Å². The van der Waals surface area contributed by atoms with E-state index in [0.717, 1.165) is 27.8 Å². The van der Waals surface area contributed by atoms with Gasteiger partial charge in [-0.25, -0.2) is 0 Å². The molecule has 3 nitrogen and oxygen atoms in total. The van der Waals surface area contributed by atoms with Crippen LogP contribution in [-0.2, 0) is 0 Å². The number of ketones is 1. The highest BCUT2D eigenvalue weighted by Crippen LogP contribution is 2.38. The number of nitrogens with one attached hydrogen (secondary N) is 1. The van der Waals surface area contributed by atoms with Gasteiger partial charge in [0.2, 0.25) is 5.78 Å². The van der Waals surface area contributed by atoms with Gasteiger partial charge in [-0.15, -0.1) is 0 Å². The maximum Gasteiger partial charge on any atom is 0.231 e. The zero-order chi connectivity index (χ0) is 24.4. The van der Waals surface area contributed by atoms with Gasteiger partial charge in [-0.1, -0.05) is 96.0 Å². The number of rotatable bonds is 6. The summed E-state index contributed by atoms with van der Waals surface area (Å²) in [5.41, 5.74) is 5.43. The van der Waals surface area contributed by atoms with E-state index in [9.17, 15) is 4.79 Å². The molecule has 0 saturated carbocycles. The first-order valence-electron chi connectivity index (χ1n) is 11.2. The van der Waals surface area contributed by atoms with Crippen molar-refractivity contribution in [1.29, 1.82) is 0 Å². The summed E-state index contributed by atoms with van der Waals surface area (Å²) in [4.78, 5) is 13.6. The fourth-order valence-corrected chi connectivity index (χ4v) is 4.54. The van der Waals surface area contributed by atoms with E-state index in [4.69, 9.17) is 27.6 Å². The Balaban J connectivity index is 1.67. The Bertz CT molecular complexity index is 1550. The molecule has 5 heteroatoms. The van der Waals surface area contributed by atoms with Crippen molar-refractivity contribution in [1.82, 2.24) is 0 Å². The van der Waals surface area contributed by atoms with Crippen molar-refractivity contribution in [3.63, 3.8) is 0 Å². The lowest BCUT2D eigenvalue weighted by Crippen LogP contribution is -2.06. The maximum absolute atomic E-state index is 13.6. The second kappa shape index (κ2) is 9.83. The minimum absolute atomic E-state index is 0.185. The van der Waals surface area contributed by atoms with Gasteiger partial charge in [-0.3, -0.25) is 4.79 Å². The third-order valence-corrected chi connectivity index (χ3v) is 6.36. The molecular weight excluding hydrogens is 477 g/mol. The van der Waals surface area contributed by atoms with E-state index < -0.39 is 0 Å². The van der Waals surface area contributed by atoms with E-state index in [1.165, 1.54) is 0 Å². The van der Waals surface area contributed by atoms with Crippen LogP contribution in [0.2, 0.25) is 10.0 Å². The molecule has 1 heterocycles. The third-order valence-electron chi connectivity index (χ3n) is 5.81. The van der Waals surface area contributed by atoms with E-state index >= 15 is 0 Å². The number of hydrogen-bond acceptors (Lipinski definition) is 3. The summed E-state index contributed by atoms with van der Waals surface area (Å²) >= 11 is 12.4. The molecule has 0 unspecified atom stereocenters. The second-order valence-electron chi connectivity index (χ2n) is 8.03. The molecule has 0 atom stereocenters. The van der Waals surface area contributed by atoms with Gasteiger partial charge in [0.1, 0.15) is 5.58 Å².